The van der Waals surface area contributed by atoms with Crippen molar-refractivity contribution in [3.05, 3.63) is 30.1 Å². The molecule has 1 aliphatic rings. The van der Waals surface area contributed by atoms with Gasteiger partial charge in [0.05, 0.1) is 5.69 Å². The molecule has 1 saturated heterocycles. The van der Waals surface area contributed by atoms with Crippen LogP contribution in [0.2, 0.25) is 0 Å². The fourth-order valence-corrected chi connectivity index (χ4v) is 2.04. The molecule has 0 aromatic heterocycles. The van der Waals surface area contributed by atoms with E-state index in [4.69, 9.17) is 10.7 Å². The van der Waals surface area contributed by atoms with Crippen LogP contribution in [0.1, 0.15) is 19.3 Å². The molecule has 1 aromatic carbocycles. The number of piperidine rings is 1. The number of likely N-dealkylation sites (tertiary alicyclic amines) is 1. The Morgan fingerprint density at radius 1 is 1.25 bits per heavy atom. The van der Waals surface area contributed by atoms with E-state index in [1.165, 1.54) is 24.3 Å². The second-order valence-electron chi connectivity index (χ2n) is 4.59. The first-order valence-corrected chi connectivity index (χ1v) is 6.54. The van der Waals surface area contributed by atoms with Crippen LogP contribution >= 0.6 is 0 Å². The number of nitrogens with one attached hydrogen (secondary N) is 2. The van der Waals surface area contributed by atoms with Crippen molar-refractivity contribution in [2.75, 3.05) is 18.5 Å². The van der Waals surface area contributed by atoms with Gasteiger partial charge in [0, 0.05) is 13.1 Å². The summed E-state index contributed by atoms with van der Waals surface area (Å²) < 4.78 is 12.8. The molecular formula is C14H16FN5. The standard InChI is InChI=1S/C14H16FN5/c15-11-4-6-12(7-5-11)18-19-13(10-16)14(17)20-8-2-1-3-9-20/h4-7,17-18H,1-3,8-9H2/b17-14?,19-13-. The zero-order valence-electron chi connectivity index (χ0n) is 11.1. The van der Waals surface area contributed by atoms with Crippen LogP contribution in [0.15, 0.2) is 29.4 Å². The van der Waals surface area contributed by atoms with Crippen molar-refractivity contribution in [3.8, 4) is 6.07 Å². The van der Waals surface area contributed by atoms with Crippen molar-refractivity contribution in [2.24, 2.45) is 5.10 Å². The number of anilines is 1. The third-order valence-corrected chi connectivity index (χ3v) is 3.14. The van der Waals surface area contributed by atoms with Gasteiger partial charge in [-0.1, -0.05) is 0 Å². The Balaban J connectivity index is 2.03. The third-order valence-electron chi connectivity index (χ3n) is 3.14. The molecular weight excluding hydrogens is 257 g/mol. The van der Waals surface area contributed by atoms with Crippen molar-refractivity contribution >= 4 is 17.2 Å². The van der Waals surface area contributed by atoms with Crippen molar-refractivity contribution in [1.82, 2.24) is 4.90 Å². The van der Waals surface area contributed by atoms with E-state index in [-0.39, 0.29) is 17.4 Å². The molecule has 1 aliphatic heterocycles. The highest BCUT2D eigenvalue weighted by Gasteiger charge is 2.18. The van der Waals surface area contributed by atoms with Gasteiger partial charge in [-0.25, -0.2) is 4.39 Å². The average Bonchev–Trinajstić information content (AvgIpc) is 2.50. The van der Waals surface area contributed by atoms with Gasteiger partial charge >= 0.3 is 0 Å². The number of halogens is 1. The maximum atomic E-state index is 12.8. The molecule has 0 unspecified atom stereocenters. The maximum Gasteiger partial charge on any atom is 0.202 e. The largest absolute Gasteiger partial charge is 0.355 e. The number of rotatable bonds is 3. The number of hydrazone groups is 1. The van der Waals surface area contributed by atoms with Gasteiger partial charge in [-0.2, -0.15) is 10.4 Å². The van der Waals surface area contributed by atoms with Crippen LogP contribution in [0.4, 0.5) is 10.1 Å². The molecule has 5 nitrogen and oxygen atoms in total. The van der Waals surface area contributed by atoms with Crippen LogP contribution in [0.3, 0.4) is 0 Å². The van der Waals surface area contributed by atoms with Crippen LogP contribution in [-0.2, 0) is 0 Å². The Morgan fingerprint density at radius 3 is 2.50 bits per heavy atom. The fourth-order valence-electron chi connectivity index (χ4n) is 2.04. The zero-order chi connectivity index (χ0) is 14.4. The summed E-state index contributed by atoms with van der Waals surface area (Å²) in [6, 6.07) is 7.59. The van der Waals surface area contributed by atoms with Crippen LogP contribution in [0.5, 0.6) is 0 Å². The van der Waals surface area contributed by atoms with E-state index < -0.39 is 0 Å². The van der Waals surface area contributed by atoms with E-state index in [9.17, 15) is 4.39 Å². The zero-order valence-corrected chi connectivity index (χ0v) is 11.1. The molecule has 2 N–H and O–H groups in total. The van der Waals surface area contributed by atoms with E-state index in [1.807, 2.05) is 11.0 Å². The lowest BCUT2D eigenvalue weighted by molar-refractivity contribution is 0.344. The molecule has 1 aromatic rings. The normalized spacial score (nSPS) is 15.6. The quantitative estimate of drug-likeness (QED) is 0.505. The molecule has 0 radical (unpaired) electrons. The summed E-state index contributed by atoms with van der Waals surface area (Å²) in [6.45, 7) is 1.58. The van der Waals surface area contributed by atoms with Gasteiger partial charge in [-0.15, -0.1) is 0 Å². The van der Waals surface area contributed by atoms with Gasteiger partial charge in [-0.05, 0) is 43.5 Å². The molecule has 0 atom stereocenters. The van der Waals surface area contributed by atoms with Gasteiger partial charge in [0.1, 0.15) is 11.9 Å². The van der Waals surface area contributed by atoms with Crippen LogP contribution < -0.4 is 5.43 Å². The predicted molar refractivity (Wildman–Crippen MR) is 76.2 cm³/mol. The molecule has 0 amide bonds. The summed E-state index contributed by atoms with van der Waals surface area (Å²) >= 11 is 0. The number of hydrogen-bond acceptors (Lipinski definition) is 4. The van der Waals surface area contributed by atoms with Crippen LogP contribution in [-0.4, -0.2) is 29.5 Å². The third kappa shape index (κ3) is 3.54. The van der Waals surface area contributed by atoms with E-state index in [0.717, 1.165) is 32.4 Å². The highest BCUT2D eigenvalue weighted by molar-refractivity contribution is 6.46. The topological polar surface area (TPSA) is 75.3 Å². The van der Waals surface area contributed by atoms with Crippen molar-refractivity contribution < 1.29 is 4.39 Å². The molecule has 6 heteroatoms. The Labute approximate surface area is 117 Å². The Morgan fingerprint density at radius 2 is 1.90 bits per heavy atom. The summed E-state index contributed by atoms with van der Waals surface area (Å²) in [4.78, 5) is 1.86. The number of hydrogen-bond donors (Lipinski definition) is 2. The molecule has 0 spiro atoms. The Bertz CT molecular complexity index is 538. The highest BCUT2D eigenvalue weighted by Crippen LogP contribution is 2.11. The molecule has 20 heavy (non-hydrogen) atoms. The molecule has 1 fully saturated rings. The lowest BCUT2D eigenvalue weighted by Crippen LogP contribution is -2.39. The monoisotopic (exact) mass is 273 g/mol. The van der Waals surface area contributed by atoms with E-state index in [2.05, 4.69) is 10.5 Å². The van der Waals surface area contributed by atoms with Gasteiger partial charge in [0.2, 0.25) is 5.71 Å². The Hall–Kier alpha value is -2.42. The molecule has 0 aliphatic carbocycles. The van der Waals surface area contributed by atoms with Crippen LogP contribution in [0, 0.1) is 22.6 Å². The van der Waals surface area contributed by atoms with Crippen molar-refractivity contribution in [1.29, 1.82) is 10.7 Å². The Kier molecular flexibility index (Phi) is 4.66. The minimum Gasteiger partial charge on any atom is -0.355 e. The first-order valence-electron chi connectivity index (χ1n) is 6.54. The molecule has 2 rings (SSSR count). The van der Waals surface area contributed by atoms with Gasteiger partial charge < -0.3 is 4.90 Å². The fraction of sp³-hybridized carbons (Fsp3) is 0.357. The summed E-state index contributed by atoms with van der Waals surface area (Å²) in [5.74, 6) is -0.192. The summed E-state index contributed by atoms with van der Waals surface area (Å²) in [6.07, 6.45) is 3.23. The molecule has 104 valence electrons. The second-order valence-corrected chi connectivity index (χ2v) is 4.59. The number of nitriles is 1. The molecule has 1 heterocycles. The highest BCUT2D eigenvalue weighted by atomic mass is 19.1. The minimum atomic E-state index is -0.332. The average molecular weight is 273 g/mol. The molecule has 0 saturated carbocycles. The van der Waals surface area contributed by atoms with Gasteiger partial charge in [0.15, 0.2) is 5.84 Å². The second kappa shape index (κ2) is 6.66. The smallest absolute Gasteiger partial charge is 0.202 e. The number of amidine groups is 1. The molecule has 0 bridgehead atoms. The van der Waals surface area contributed by atoms with E-state index in [0.29, 0.717) is 5.69 Å². The van der Waals surface area contributed by atoms with E-state index >= 15 is 0 Å². The van der Waals surface area contributed by atoms with Crippen molar-refractivity contribution in [3.63, 3.8) is 0 Å². The number of benzene rings is 1. The predicted octanol–water partition coefficient (Wildman–Crippen LogP) is 2.58. The summed E-state index contributed by atoms with van der Waals surface area (Å²) in [5.41, 5.74) is 3.29. The van der Waals surface area contributed by atoms with Crippen LogP contribution in [0.25, 0.3) is 0 Å². The minimum absolute atomic E-state index is 0.0382. The maximum absolute atomic E-state index is 12.8. The number of nitrogens with zero attached hydrogens (tertiary/aromatic N) is 3. The summed E-state index contributed by atoms with van der Waals surface area (Å²) in [5, 5.41) is 21.0. The first-order chi connectivity index (χ1) is 9.70. The lowest BCUT2D eigenvalue weighted by Gasteiger charge is -2.27. The SMILES string of the molecule is N#C/C(=N/Nc1ccc(F)cc1)C(=N)N1CCCCC1. The van der Waals surface area contributed by atoms with E-state index in [1.54, 1.807) is 0 Å². The summed E-state index contributed by atoms with van der Waals surface area (Å²) in [7, 11) is 0. The van der Waals surface area contributed by atoms with Crippen molar-refractivity contribution in [2.45, 2.75) is 19.3 Å². The first kappa shape index (κ1) is 14.0. The van der Waals surface area contributed by atoms with Gasteiger partial charge in [0.25, 0.3) is 0 Å². The van der Waals surface area contributed by atoms with Gasteiger partial charge in [-0.3, -0.25) is 10.8 Å². The lowest BCUT2D eigenvalue weighted by atomic mass is 10.1.